The van der Waals surface area contributed by atoms with Crippen molar-refractivity contribution in [3.8, 4) is 6.07 Å². The Balaban J connectivity index is 1.54. The first kappa shape index (κ1) is 19.3. The Morgan fingerprint density at radius 1 is 0.760 bits per heavy atom. The van der Waals surface area contributed by atoms with Crippen LogP contribution < -0.4 is 0 Å². The van der Waals surface area contributed by atoms with Crippen molar-refractivity contribution in [2.75, 3.05) is 0 Å². The third-order valence-corrected chi connectivity index (χ3v) is 8.83. The van der Waals surface area contributed by atoms with E-state index in [2.05, 4.69) is 19.9 Å². The highest BCUT2D eigenvalue weighted by Crippen LogP contribution is 2.64. The molecular weight excluding hydrogens is 302 g/mol. The minimum Gasteiger partial charge on any atom is -0.198 e. The first-order chi connectivity index (χ1) is 12.1. The van der Waals surface area contributed by atoms with Gasteiger partial charge >= 0.3 is 0 Å². The fraction of sp³-hybridized carbons (Fsp3) is 0.958. The van der Waals surface area contributed by atoms with Gasteiger partial charge in [0.25, 0.3) is 0 Å². The molecule has 0 radical (unpaired) electrons. The van der Waals surface area contributed by atoms with Crippen molar-refractivity contribution in [1.82, 2.24) is 0 Å². The molecule has 0 spiro atoms. The maximum Gasteiger partial charge on any atom is 0.0689 e. The monoisotopic (exact) mass is 343 g/mol. The zero-order chi connectivity index (χ0) is 17.8. The summed E-state index contributed by atoms with van der Waals surface area (Å²) in [5.41, 5.74) is 1.46. The molecule has 0 heterocycles. The second-order valence-corrected chi connectivity index (χ2v) is 10.1. The molecule has 4 fully saturated rings. The van der Waals surface area contributed by atoms with Crippen molar-refractivity contribution in [3.63, 3.8) is 0 Å². The van der Waals surface area contributed by atoms with Crippen LogP contribution in [0.5, 0.6) is 0 Å². The van der Waals surface area contributed by atoms with Crippen molar-refractivity contribution >= 4 is 0 Å². The van der Waals surface area contributed by atoms with Crippen molar-refractivity contribution < 1.29 is 0 Å². The third kappa shape index (κ3) is 3.94. The lowest BCUT2D eigenvalue weighted by Gasteiger charge is -2.58. The molecule has 1 heteroatoms. The number of nitriles is 1. The number of rotatable bonds is 8. The average molecular weight is 344 g/mol. The summed E-state index contributed by atoms with van der Waals surface area (Å²) in [5.74, 6) is 0.935. The predicted molar refractivity (Wildman–Crippen MR) is 106 cm³/mol. The molecule has 0 aromatic carbocycles. The number of hydrogen-bond donors (Lipinski definition) is 0. The Morgan fingerprint density at radius 2 is 1.36 bits per heavy atom. The van der Waals surface area contributed by atoms with Crippen LogP contribution in [0, 0.1) is 33.5 Å². The number of nitrogens with zero attached hydrogens (tertiary/aromatic N) is 1. The fourth-order valence-electron chi connectivity index (χ4n) is 6.75. The first-order valence-electron chi connectivity index (χ1n) is 11.5. The van der Waals surface area contributed by atoms with Crippen LogP contribution in [-0.4, -0.2) is 0 Å². The van der Waals surface area contributed by atoms with E-state index < -0.39 is 0 Å². The molecular formula is C24H41N. The Bertz CT molecular complexity index is 438. The second kappa shape index (κ2) is 8.02. The molecule has 25 heavy (non-hydrogen) atoms. The molecule has 0 N–H and O–H groups in total. The van der Waals surface area contributed by atoms with E-state index in [1.807, 2.05) is 0 Å². The average Bonchev–Trinajstić information content (AvgIpc) is 2.68. The van der Waals surface area contributed by atoms with Crippen LogP contribution in [0.15, 0.2) is 0 Å². The topological polar surface area (TPSA) is 23.8 Å². The highest BCUT2D eigenvalue weighted by Gasteiger charge is 2.52. The highest BCUT2D eigenvalue weighted by atomic mass is 14.6. The largest absolute Gasteiger partial charge is 0.198 e. The molecule has 0 aromatic rings. The van der Waals surface area contributed by atoms with Gasteiger partial charge in [-0.2, -0.15) is 5.26 Å². The van der Waals surface area contributed by atoms with Crippen molar-refractivity contribution in [1.29, 1.82) is 5.26 Å². The van der Waals surface area contributed by atoms with Gasteiger partial charge in [0.2, 0.25) is 0 Å². The molecule has 0 unspecified atom stereocenters. The molecule has 1 nitrogen and oxygen atoms in total. The van der Waals surface area contributed by atoms with E-state index in [1.54, 1.807) is 0 Å². The quantitative estimate of drug-likeness (QED) is 0.412. The lowest BCUT2D eigenvalue weighted by atomic mass is 9.47. The Kier molecular flexibility index (Phi) is 6.18. The van der Waals surface area contributed by atoms with Crippen LogP contribution in [-0.2, 0) is 0 Å². The van der Waals surface area contributed by atoms with Gasteiger partial charge < -0.3 is 0 Å². The van der Waals surface area contributed by atoms with E-state index in [0.717, 1.165) is 17.8 Å². The van der Waals surface area contributed by atoms with E-state index >= 15 is 0 Å². The van der Waals surface area contributed by atoms with E-state index in [0.29, 0.717) is 5.41 Å². The molecule has 0 atom stereocenters. The summed E-state index contributed by atoms with van der Waals surface area (Å²) >= 11 is 0. The lowest BCUT2D eigenvalue weighted by molar-refractivity contribution is -0.0690. The van der Waals surface area contributed by atoms with Crippen LogP contribution in [0.4, 0.5) is 0 Å². The fourth-order valence-corrected chi connectivity index (χ4v) is 6.75. The van der Waals surface area contributed by atoms with Crippen molar-refractivity contribution in [2.45, 2.75) is 123 Å². The Morgan fingerprint density at radius 3 is 1.88 bits per heavy atom. The summed E-state index contributed by atoms with van der Waals surface area (Å²) in [6.45, 7) is 4.59. The Labute approximate surface area is 157 Å². The summed E-state index contributed by atoms with van der Waals surface area (Å²) in [6.07, 6.45) is 23.6. The molecule has 4 rings (SSSR count). The predicted octanol–water partition coefficient (Wildman–Crippen LogP) is 7.80. The SMILES string of the molecule is CCCCCC12CCC([C@H]3CC[C@@](C#N)(CCCC)CC3)(CC1)CC2. The summed E-state index contributed by atoms with van der Waals surface area (Å²) in [7, 11) is 0. The van der Waals surface area contributed by atoms with Gasteiger partial charge in [-0.25, -0.2) is 0 Å². The second-order valence-electron chi connectivity index (χ2n) is 10.1. The van der Waals surface area contributed by atoms with Gasteiger partial charge in [-0.1, -0.05) is 46.0 Å². The molecule has 0 amide bonds. The van der Waals surface area contributed by atoms with Crippen molar-refractivity contribution in [2.24, 2.45) is 22.2 Å². The smallest absolute Gasteiger partial charge is 0.0689 e. The molecule has 0 aliphatic heterocycles. The van der Waals surface area contributed by atoms with Crippen LogP contribution in [0.25, 0.3) is 0 Å². The molecule has 0 saturated heterocycles. The summed E-state index contributed by atoms with van der Waals surface area (Å²) in [5, 5.41) is 9.78. The summed E-state index contributed by atoms with van der Waals surface area (Å²) in [4.78, 5) is 0. The summed E-state index contributed by atoms with van der Waals surface area (Å²) < 4.78 is 0. The number of hydrogen-bond acceptors (Lipinski definition) is 1. The zero-order valence-electron chi connectivity index (χ0n) is 17.0. The molecule has 142 valence electrons. The maximum absolute atomic E-state index is 9.78. The first-order valence-corrected chi connectivity index (χ1v) is 11.5. The van der Waals surface area contributed by atoms with E-state index in [4.69, 9.17) is 0 Å². The van der Waals surface area contributed by atoms with E-state index in [-0.39, 0.29) is 5.41 Å². The van der Waals surface area contributed by atoms with Crippen LogP contribution >= 0.6 is 0 Å². The Hall–Kier alpha value is -0.510. The van der Waals surface area contributed by atoms with Crippen LogP contribution in [0.1, 0.15) is 123 Å². The van der Waals surface area contributed by atoms with Gasteiger partial charge in [0.15, 0.2) is 0 Å². The number of unbranched alkanes of at least 4 members (excludes halogenated alkanes) is 3. The molecule has 2 bridgehead atoms. The van der Waals surface area contributed by atoms with Crippen LogP contribution in [0.2, 0.25) is 0 Å². The minimum absolute atomic E-state index is 0.0381. The molecule has 4 aliphatic rings. The maximum atomic E-state index is 9.78. The van der Waals surface area contributed by atoms with Gasteiger partial charge in [-0.05, 0) is 93.8 Å². The van der Waals surface area contributed by atoms with Gasteiger partial charge in [-0.15, -0.1) is 0 Å². The number of fused-ring (bicyclic) bond motifs is 3. The van der Waals surface area contributed by atoms with Crippen LogP contribution in [0.3, 0.4) is 0 Å². The summed E-state index contributed by atoms with van der Waals surface area (Å²) in [6, 6.07) is 2.75. The van der Waals surface area contributed by atoms with Gasteiger partial charge in [0.05, 0.1) is 11.5 Å². The zero-order valence-corrected chi connectivity index (χ0v) is 17.0. The third-order valence-electron chi connectivity index (χ3n) is 8.83. The standard InChI is InChI=1S/C24H41N/c1-3-5-7-11-22-14-17-24(18-15-22,19-16-22)21-8-12-23(20-25,13-9-21)10-6-4-2/h21H,3-19H2,1-2H3/t21-,22?,23-,24?. The van der Waals surface area contributed by atoms with Gasteiger partial charge in [-0.3, -0.25) is 0 Å². The van der Waals surface area contributed by atoms with E-state index in [9.17, 15) is 5.26 Å². The van der Waals surface area contributed by atoms with Crippen molar-refractivity contribution in [3.05, 3.63) is 0 Å². The molecule has 4 aliphatic carbocycles. The van der Waals surface area contributed by atoms with Gasteiger partial charge in [0, 0.05) is 0 Å². The highest BCUT2D eigenvalue weighted by molar-refractivity contribution is 5.07. The van der Waals surface area contributed by atoms with E-state index in [1.165, 1.54) is 103 Å². The minimum atomic E-state index is 0.0381. The van der Waals surface area contributed by atoms with Gasteiger partial charge in [0.1, 0.15) is 0 Å². The normalized spacial score (nSPS) is 40.8. The molecule has 0 aromatic heterocycles. The molecule has 4 saturated carbocycles. The lowest BCUT2D eigenvalue weighted by Crippen LogP contribution is -2.47.